The molecule has 18 heavy (non-hydrogen) atoms. The average Bonchev–Trinajstić information content (AvgIpc) is 2.36. The lowest BCUT2D eigenvalue weighted by Gasteiger charge is -2.12. The van der Waals surface area contributed by atoms with Crippen LogP contribution in [-0.2, 0) is 0 Å². The second-order valence-electron chi connectivity index (χ2n) is 4.26. The zero-order chi connectivity index (χ0) is 12.7. The van der Waals surface area contributed by atoms with Crippen molar-refractivity contribution in [1.29, 1.82) is 0 Å². The van der Waals surface area contributed by atoms with Crippen molar-refractivity contribution < 1.29 is 9.90 Å². The zero-order valence-electron chi connectivity index (χ0n) is 9.81. The summed E-state index contributed by atoms with van der Waals surface area (Å²) in [6.07, 6.45) is 0. The smallest absolute Gasteiger partial charge is 0.0745 e. The average molecular weight is 236 g/mol. The number of nitrogens with zero attached hydrogens (tertiary/aromatic N) is 1. The lowest BCUT2D eigenvalue weighted by Crippen LogP contribution is -2.23. The van der Waals surface area contributed by atoms with Crippen LogP contribution < -0.4 is 5.11 Å². The van der Waals surface area contributed by atoms with Gasteiger partial charge in [0.05, 0.1) is 17.0 Å². The normalized spacial score (nSPS) is 10.9. The SMILES string of the molecule is Cc1cccc2c(C(=O)[O-])c3ccccc3nc12. The van der Waals surface area contributed by atoms with Gasteiger partial charge in [-0.2, -0.15) is 0 Å². The number of carboxylic acid groups (broad SMARTS) is 1. The van der Waals surface area contributed by atoms with Crippen LogP contribution in [0.15, 0.2) is 42.5 Å². The number of aromatic carboxylic acids is 1. The van der Waals surface area contributed by atoms with Gasteiger partial charge in [-0.05, 0) is 18.6 Å². The van der Waals surface area contributed by atoms with Crippen LogP contribution in [-0.4, -0.2) is 11.0 Å². The van der Waals surface area contributed by atoms with Crippen LogP contribution >= 0.6 is 0 Å². The monoisotopic (exact) mass is 236 g/mol. The van der Waals surface area contributed by atoms with E-state index in [0.29, 0.717) is 16.3 Å². The van der Waals surface area contributed by atoms with Crippen molar-refractivity contribution in [3.05, 3.63) is 53.6 Å². The molecule has 0 saturated carbocycles. The Labute approximate surface area is 104 Å². The molecule has 1 aromatic heterocycles. The summed E-state index contributed by atoms with van der Waals surface area (Å²) < 4.78 is 0. The van der Waals surface area contributed by atoms with Crippen LogP contribution in [0.5, 0.6) is 0 Å². The third kappa shape index (κ3) is 1.44. The summed E-state index contributed by atoms with van der Waals surface area (Å²) in [7, 11) is 0. The molecular formula is C15H10NO2-. The zero-order valence-corrected chi connectivity index (χ0v) is 9.81. The van der Waals surface area contributed by atoms with E-state index in [9.17, 15) is 9.90 Å². The van der Waals surface area contributed by atoms with Crippen LogP contribution in [0.1, 0.15) is 15.9 Å². The molecular weight excluding hydrogens is 226 g/mol. The molecule has 0 aliphatic carbocycles. The Bertz CT molecular complexity index is 778. The second kappa shape index (κ2) is 3.81. The maximum atomic E-state index is 11.4. The molecule has 3 aromatic rings. The third-order valence-corrected chi connectivity index (χ3v) is 3.12. The quantitative estimate of drug-likeness (QED) is 0.608. The Morgan fingerprint density at radius 1 is 1.06 bits per heavy atom. The van der Waals surface area contributed by atoms with E-state index in [-0.39, 0.29) is 5.56 Å². The Balaban J connectivity index is 2.63. The highest BCUT2D eigenvalue weighted by molar-refractivity contribution is 6.13. The fourth-order valence-corrected chi connectivity index (χ4v) is 2.28. The molecule has 1 heterocycles. The van der Waals surface area contributed by atoms with Crippen LogP contribution in [0.3, 0.4) is 0 Å². The Morgan fingerprint density at radius 2 is 1.78 bits per heavy atom. The summed E-state index contributed by atoms with van der Waals surface area (Å²) >= 11 is 0. The van der Waals surface area contributed by atoms with Gasteiger partial charge in [-0.25, -0.2) is 4.98 Å². The number of para-hydroxylation sites is 2. The number of carbonyl (C=O) groups is 1. The first kappa shape index (κ1) is 10.7. The molecule has 0 amide bonds. The second-order valence-corrected chi connectivity index (χ2v) is 4.26. The topological polar surface area (TPSA) is 53.0 Å². The number of pyridine rings is 1. The van der Waals surface area contributed by atoms with E-state index < -0.39 is 5.97 Å². The number of fused-ring (bicyclic) bond motifs is 2. The third-order valence-electron chi connectivity index (χ3n) is 3.12. The first-order chi connectivity index (χ1) is 8.68. The summed E-state index contributed by atoms with van der Waals surface area (Å²) in [4.78, 5) is 15.9. The molecule has 0 unspecified atom stereocenters. The Kier molecular flexibility index (Phi) is 2.27. The van der Waals surface area contributed by atoms with Gasteiger partial charge in [-0.3, -0.25) is 0 Å². The van der Waals surface area contributed by atoms with E-state index in [1.807, 2.05) is 31.2 Å². The number of carboxylic acids is 1. The van der Waals surface area contributed by atoms with Crippen molar-refractivity contribution in [2.45, 2.75) is 6.92 Å². The number of aryl methyl sites for hydroxylation is 1. The van der Waals surface area contributed by atoms with E-state index in [0.717, 1.165) is 11.1 Å². The van der Waals surface area contributed by atoms with Gasteiger partial charge in [0.2, 0.25) is 0 Å². The maximum Gasteiger partial charge on any atom is 0.0745 e. The van der Waals surface area contributed by atoms with Crippen LogP contribution in [0.4, 0.5) is 0 Å². The number of rotatable bonds is 1. The summed E-state index contributed by atoms with van der Waals surface area (Å²) in [5.74, 6) is -1.16. The van der Waals surface area contributed by atoms with Gasteiger partial charge in [0.15, 0.2) is 0 Å². The molecule has 0 saturated heterocycles. The maximum absolute atomic E-state index is 11.4. The van der Waals surface area contributed by atoms with E-state index >= 15 is 0 Å². The van der Waals surface area contributed by atoms with Crippen molar-refractivity contribution in [3.63, 3.8) is 0 Å². The molecule has 0 spiro atoms. The molecule has 0 aliphatic rings. The molecule has 3 heteroatoms. The highest BCUT2D eigenvalue weighted by Crippen LogP contribution is 2.27. The number of carbonyl (C=O) groups excluding carboxylic acids is 1. The van der Waals surface area contributed by atoms with Crippen molar-refractivity contribution in [2.75, 3.05) is 0 Å². The van der Waals surface area contributed by atoms with Gasteiger partial charge in [0.25, 0.3) is 0 Å². The first-order valence-electron chi connectivity index (χ1n) is 5.68. The Morgan fingerprint density at radius 3 is 2.56 bits per heavy atom. The van der Waals surface area contributed by atoms with Gasteiger partial charge >= 0.3 is 0 Å². The van der Waals surface area contributed by atoms with Crippen molar-refractivity contribution in [2.24, 2.45) is 0 Å². The first-order valence-corrected chi connectivity index (χ1v) is 5.68. The lowest BCUT2D eigenvalue weighted by molar-refractivity contribution is -0.254. The molecule has 88 valence electrons. The van der Waals surface area contributed by atoms with Gasteiger partial charge in [-0.1, -0.05) is 36.4 Å². The highest BCUT2D eigenvalue weighted by atomic mass is 16.4. The number of benzene rings is 2. The number of hydrogen-bond donors (Lipinski definition) is 0. The fraction of sp³-hybridized carbons (Fsp3) is 0.0667. The summed E-state index contributed by atoms with van der Waals surface area (Å²) in [6, 6.07) is 12.7. The molecule has 0 aliphatic heterocycles. The predicted molar refractivity (Wildman–Crippen MR) is 68.3 cm³/mol. The molecule has 0 bridgehead atoms. The van der Waals surface area contributed by atoms with Crippen molar-refractivity contribution in [3.8, 4) is 0 Å². The molecule has 0 atom stereocenters. The van der Waals surface area contributed by atoms with E-state index in [1.54, 1.807) is 18.2 Å². The van der Waals surface area contributed by atoms with E-state index in [1.165, 1.54) is 0 Å². The van der Waals surface area contributed by atoms with Crippen LogP contribution in [0.2, 0.25) is 0 Å². The van der Waals surface area contributed by atoms with E-state index in [2.05, 4.69) is 4.98 Å². The van der Waals surface area contributed by atoms with Crippen molar-refractivity contribution in [1.82, 2.24) is 4.98 Å². The minimum absolute atomic E-state index is 0.222. The van der Waals surface area contributed by atoms with E-state index in [4.69, 9.17) is 0 Å². The predicted octanol–water partition coefficient (Wildman–Crippen LogP) is 2.06. The molecule has 0 radical (unpaired) electrons. The van der Waals surface area contributed by atoms with Crippen LogP contribution in [0, 0.1) is 6.92 Å². The van der Waals surface area contributed by atoms with Gasteiger partial charge in [-0.15, -0.1) is 0 Å². The largest absolute Gasteiger partial charge is 0.545 e. The number of aromatic nitrogens is 1. The summed E-state index contributed by atoms with van der Waals surface area (Å²) in [6.45, 7) is 1.92. The van der Waals surface area contributed by atoms with Gasteiger partial charge in [0.1, 0.15) is 0 Å². The number of hydrogen-bond acceptors (Lipinski definition) is 3. The minimum Gasteiger partial charge on any atom is -0.545 e. The highest BCUT2D eigenvalue weighted by Gasteiger charge is 2.10. The Hall–Kier alpha value is -2.42. The molecule has 3 rings (SSSR count). The fourth-order valence-electron chi connectivity index (χ4n) is 2.28. The molecule has 0 fully saturated rings. The molecule has 3 nitrogen and oxygen atoms in total. The van der Waals surface area contributed by atoms with Gasteiger partial charge < -0.3 is 9.90 Å². The molecule has 0 N–H and O–H groups in total. The lowest BCUT2D eigenvalue weighted by atomic mass is 10.0. The molecule has 2 aromatic carbocycles. The van der Waals surface area contributed by atoms with Gasteiger partial charge in [0, 0.05) is 16.3 Å². The standard InChI is InChI=1S/C15H11NO2/c1-9-5-4-7-11-13(15(17)18)10-6-2-3-8-12(10)16-14(9)11/h2-8H,1H3,(H,17,18)/p-1. The minimum atomic E-state index is -1.16. The summed E-state index contributed by atoms with van der Waals surface area (Å²) in [5.41, 5.74) is 2.58. The summed E-state index contributed by atoms with van der Waals surface area (Å²) in [5, 5.41) is 12.7. The van der Waals surface area contributed by atoms with Crippen molar-refractivity contribution >= 4 is 27.8 Å². The van der Waals surface area contributed by atoms with Crippen LogP contribution in [0.25, 0.3) is 21.8 Å².